The molecular weight excluding hydrogens is 272 g/mol. The molecule has 1 aromatic carbocycles. The first-order valence-electron chi connectivity index (χ1n) is 8.19. The van der Waals surface area contributed by atoms with Crippen LogP contribution in [0.25, 0.3) is 0 Å². The Bertz CT molecular complexity index is 568. The van der Waals surface area contributed by atoms with E-state index >= 15 is 0 Å². The van der Waals surface area contributed by atoms with E-state index in [2.05, 4.69) is 73.7 Å². The molecule has 0 spiro atoms. The highest BCUT2D eigenvalue weighted by molar-refractivity contribution is 5.24. The first kappa shape index (κ1) is 16.6. The van der Waals surface area contributed by atoms with Gasteiger partial charge in [0.25, 0.3) is 0 Å². The Morgan fingerprint density at radius 3 is 2.32 bits per heavy atom. The van der Waals surface area contributed by atoms with E-state index in [1.807, 2.05) is 0 Å². The van der Waals surface area contributed by atoms with E-state index in [9.17, 15) is 0 Å². The summed E-state index contributed by atoms with van der Waals surface area (Å²) in [6, 6.07) is 12.7. The first-order chi connectivity index (χ1) is 10.6. The molecule has 0 saturated carbocycles. The maximum Gasteiger partial charge on any atom is 0.193 e. The number of benzene rings is 1. The number of nitrogens with zero attached hydrogens (tertiary/aromatic N) is 2. The van der Waals surface area contributed by atoms with E-state index in [4.69, 9.17) is 4.74 Å². The van der Waals surface area contributed by atoms with Crippen molar-refractivity contribution in [1.29, 1.82) is 0 Å². The van der Waals surface area contributed by atoms with Crippen LogP contribution in [0.4, 0.5) is 0 Å². The van der Waals surface area contributed by atoms with Gasteiger partial charge in [0.05, 0.1) is 0 Å². The highest BCUT2D eigenvalue weighted by Crippen LogP contribution is 2.18. The normalized spacial score (nSPS) is 11.1. The molecule has 0 aliphatic carbocycles. The minimum Gasteiger partial charge on any atom is -0.474 e. The van der Waals surface area contributed by atoms with Gasteiger partial charge in [0.2, 0.25) is 0 Å². The van der Waals surface area contributed by atoms with Crippen molar-refractivity contribution >= 4 is 0 Å². The maximum atomic E-state index is 5.95. The fourth-order valence-electron chi connectivity index (χ4n) is 2.58. The van der Waals surface area contributed by atoms with Crippen molar-refractivity contribution in [3.8, 4) is 5.88 Å². The summed E-state index contributed by atoms with van der Waals surface area (Å²) in [7, 11) is 2.09. The van der Waals surface area contributed by atoms with Gasteiger partial charge in [-0.2, -0.15) is 0 Å². The lowest BCUT2D eigenvalue weighted by Gasteiger charge is -2.18. The summed E-state index contributed by atoms with van der Waals surface area (Å²) < 4.78 is 8.12. The Balaban J connectivity index is 1.91. The lowest BCUT2D eigenvalue weighted by atomic mass is 10.2. The van der Waals surface area contributed by atoms with Crippen LogP contribution in [0.15, 0.2) is 36.4 Å². The minimum atomic E-state index is 0.619. The summed E-state index contributed by atoms with van der Waals surface area (Å²) in [6.07, 6.45) is 1.06. The summed E-state index contributed by atoms with van der Waals surface area (Å²) in [5.74, 6) is 0.940. The molecule has 0 N–H and O–H groups in total. The predicted molar refractivity (Wildman–Crippen MR) is 92.4 cm³/mol. The van der Waals surface area contributed by atoms with Crippen molar-refractivity contribution in [3.63, 3.8) is 0 Å². The third kappa shape index (κ3) is 4.38. The highest BCUT2D eigenvalue weighted by Gasteiger charge is 2.07. The van der Waals surface area contributed by atoms with Gasteiger partial charge in [-0.15, -0.1) is 0 Å². The van der Waals surface area contributed by atoms with Gasteiger partial charge in [-0.25, -0.2) is 0 Å². The second kappa shape index (κ2) is 8.04. The quantitative estimate of drug-likeness (QED) is 0.738. The van der Waals surface area contributed by atoms with Crippen molar-refractivity contribution in [3.05, 3.63) is 53.2 Å². The fraction of sp³-hybridized carbons (Fsp3) is 0.474. The lowest BCUT2D eigenvalue weighted by molar-refractivity contribution is 0.279. The third-order valence-electron chi connectivity index (χ3n) is 4.27. The second-order valence-electron chi connectivity index (χ2n) is 5.77. The number of hydrogen-bond acceptors (Lipinski definition) is 2. The zero-order chi connectivity index (χ0) is 15.9. The minimum absolute atomic E-state index is 0.619. The number of aryl methyl sites for hydroxylation is 1. The Labute approximate surface area is 134 Å². The summed E-state index contributed by atoms with van der Waals surface area (Å²) in [5.41, 5.74) is 3.81. The van der Waals surface area contributed by atoms with Crippen LogP contribution in [-0.2, 0) is 20.1 Å². The molecule has 3 heteroatoms. The van der Waals surface area contributed by atoms with Gasteiger partial charge in [-0.3, -0.25) is 0 Å². The van der Waals surface area contributed by atoms with E-state index in [-0.39, 0.29) is 0 Å². The Morgan fingerprint density at radius 1 is 1.00 bits per heavy atom. The molecule has 3 nitrogen and oxygen atoms in total. The van der Waals surface area contributed by atoms with Gasteiger partial charge in [0.15, 0.2) is 5.88 Å². The van der Waals surface area contributed by atoms with Crippen molar-refractivity contribution in [2.75, 3.05) is 19.6 Å². The van der Waals surface area contributed by atoms with Crippen LogP contribution in [0.3, 0.4) is 0 Å². The second-order valence-corrected chi connectivity index (χ2v) is 5.77. The summed E-state index contributed by atoms with van der Waals surface area (Å²) in [5, 5.41) is 0. The molecule has 0 fully saturated rings. The topological polar surface area (TPSA) is 17.4 Å². The lowest BCUT2D eigenvalue weighted by Crippen LogP contribution is -2.25. The smallest absolute Gasteiger partial charge is 0.193 e. The average Bonchev–Trinajstić information content (AvgIpc) is 2.88. The van der Waals surface area contributed by atoms with Crippen LogP contribution < -0.4 is 4.74 Å². The zero-order valence-electron chi connectivity index (χ0n) is 14.3. The van der Waals surface area contributed by atoms with Crippen LogP contribution >= 0.6 is 0 Å². The van der Waals surface area contributed by atoms with Gasteiger partial charge in [-0.05, 0) is 31.6 Å². The van der Waals surface area contributed by atoms with Crippen LogP contribution in [0, 0.1) is 6.92 Å². The van der Waals surface area contributed by atoms with Gasteiger partial charge < -0.3 is 14.2 Å². The summed E-state index contributed by atoms with van der Waals surface area (Å²) in [4.78, 5) is 2.44. The van der Waals surface area contributed by atoms with E-state index in [0.29, 0.717) is 6.61 Å². The SMILES string of the molecule is CCN(CC)CCc1ccc(OCc2ccc(C)cc2)n1C. The van der Waals surface area contributed by atoms with E-state index < -0.39 is 0 Å². The monoisotopic (exact) mass is 300 g/mol. The fourth-order valence-corrected chi connectivity index (χ4v) is 2.58. The summed E-state index contributed by atoms with van der Waals surface area (Å²) >= 11 is 0. The van der Waals surface area contributed by atoms with E-state index in [0.717, 1.165) is 31.9 Å². The molecule has 1 aromatic heterocycles. The summed E-state index contributed by atoms with van der Waals surface area (Å²) in [6.45, 7) is 10.5. The number of hydrogen-bond donors (Lipinski definition) is 0. The van der Waals surface area contributed by atoms with Crippen molar-refractivity contribution in [2.24, 2.45) is 7.05 Å². The molecule has 0 unspecified atom stereocenters. The standard InChI is InChI=1S/C19H28N2O/c1-5-21(6-2)14-13-18-11-12-19(20(18)4)22-15-17-9-7-16(3)8-10-17/h7-12H,5-6,13-15H2,1-4H3. The van der Waals surface area contributed by atoms with Gasteiger partial charge in [0, 0.05) is 31.8 Å². The Kier molecular flexibility index (Phi) is 6.08. The van der Waals surface area contributed by atoms with Gasteiger partial charge in [0.1, 0.15) is 6.61 Å². The largest absolute Gasteiger partial charge is 0.474 e. The molecule has 0 aliphatic rings. The molecule has 22 heavy (non-hydrogen) atoms. The first-order valence-corrected chi connectivity index (χ1v) is 8.19. The number of ether oxygens (including phenoxy) is 1. The van der Waals surface area contributed by atoms with Crippen LogP contribution in [-0.4, -0.2) is 29.1 Å². The Morgan fingerprint density at radius 2 is 1.68 bits per heavy atom. The van der Waals surface area contributed by atoms with Crippen LogP contribution in [0.5, 0.6) is 5.88 Å². The van der Waals surface area contributed by atoms with Crippen LogP contribution in [0.1, 0.15) is 30.7 Å². The molecule has 2 aromatic rings. The molecule has 2 rings (SSSR count). The van der Waals surface area contributed by atoms with Crippen molar-refractivity contribution < 1.29 is 4.74 Å². The highest BCUT2D eigenvalue weighted by atomic mass is 16.5. The van der Waals surface area contributed by atoms with E-state index in [1.54, 1.807) is 0 Å². The number of aromatic nitrogens is 1. The van der Waals surface area contributed by atoms with E-state index in [1.165, 1.54) is 16.8 Å². The van der Waals surface area contributed by atoms with Crippen molar-refractivity contribution in [2.45, 2.75) is 33.8 Å². The molecule has 1 heterocycles. The average molecular weight is 300 g/mol. The number of likely N-dealkylation sites (N-methyl/N-ethyl adjacent to an activating group) is 1. The molecule has 0 saturated heterocycles. The molecule has 0 radical (unpaired) electrons. The Hall–Kier alpha value is -1.74. The van der Waals surface area contributed by atoms with Crippen molar-refractivity contribution in [1.82, 2.24) is 9.47 Å². The predicted octanol–water partition coefficient (Wildman–Crippen LogP) is 3.80. The molecular formula is C19H28N2O. The molecule has 0 bridgehead atoms. The maximum absolute atomic E-state index is 5.95. The third-order valence-corrected chi connectivity index (χ3v) is 4.27. The zero-order valence-corrected chi connectivity index (χ0v) is 14.3. The van der Waals surface area contributed by atoms with Gasteiger partial charge >= 0.3 is 0 Å². The molecule has 120 valence electrons. The number of rotatable bonds is 8. The van der Waals surface area contributed by atoms with Crippen LogP contribution in [0.2, 0.25) is 0 Å². The van der Waals surface area contributed by atoms with Gasteiger partial charge in [-0.1, -0.05) is 43.7 Å². The molecule has 0 aliphatic heterocycles. The molecule has 0 atom stereocenters. The molecule has 0 amide bonds.